The average Bonchev–Trinajstić information content (AvgIpc) is 2.55. The molecule has 4 heteroatoms. The molecule has 116 valence electrons. The average molecular weight is 314 g/mol. The Morgan fingerprint density at radius 1 is 1.27 bits per heavy atom. The van der Waals surface area contributed by atoms with Gasteiger partial charge in [-0.05, 0) is 36.1 Å². The maximum Gasteiger partial charge on any atom is 0.230 e. The lowest BCUT2D eigenvalue weighted by Crippen LogP contribution is -2.29. The van der Waals surface area contributed by atoms with Crippen LogP contribution in [0, 0.1) is 6.92 Å². The van der Waals surface area contributed by atoms with Crippen LogP contribution in [0.5, 0.6) is 0 Å². The quantitative estimate of drug-likeness (QED) is 0.843. The molecule has 0 aliphatic carbocycles. The molecule has 1 aromatic carbocycles. The molecule has 0 saturated carbocycles. The third kappa shape index (κ3) is 4.88. The van der Waals surface area contributed by atoms with Crippen LogP contribution in [-0.2, 0) is 10.5 Å². The smallest absolute Gasteiger partial charge is 0.230 e. The van der Waals surface area contributed by atoms with Gasteiger partial charge in [-0.15, -0.1) is 11.8 Å². The van der Waals surface area contributed by atoms with Gasteiger partial charge in [-0.2, -0.15) is 0 Å². The van der Waals surface area contributed by atoms with Crippen molar-refractivity contribution < 1.29 is 4.79 Å². The Hall–Kier alpha value is -1.81. The molecule has 2 aromatic rings. The molecule has 0 saturated heterocycles. The summed E-state index contributed by atoms with van der Waals surface area (Å²) in [7, 11) is 0. The van der Waals surface area contributed by atoms with Crippen LogP contribution in [-0.4, -0.2) is 16.6 Å². The molecular formula is C18H22N2OS. The largest absolute Gasteiger partial charge is 0.349 e. The van der Waals surface area contributed by atoms with Gasteiger partial charge in [-0.1, -0.05) is 37.3 Å². The van der Waals surface area contributed by atoms with E-state index in [0.29, 0.717) is 5.75 Å². The second-order valence-corrected chi connectivity index (χ2v) is 6.22. The van der Waals surface area contributed by atoms with Gasteiger partial charge in [0.1, 0.15) is 0 Å². The van der Waals surface area contributed by atoms with E-state index in [9.17, 15) is 4.79 Å². The number of nitrogens with one attached hydrogen (secondary N) is 1. The first kappa shape index (κ1) is 16.6. The highest BCUT2D eigenvalue weighted by Gasteiger charge is 2.12. The first-order valence-corrected chi connectivity index (χ1v) is 8.67. The minimum absolute atomic E-state index is 0.0419. The third-order valence-corrected chi connectivity index (χ3v) is 4.56. The molecule has 2 rings (SSSR count). The van der Waals surface area contributed by atoms with Crippen molar-refractivity contribution >= 4 is 17.7 Å². The Labute approximate surface area is 136 Å². The Morgan fingerprint density at radius 2 is 2.09 bits per heavy atom. The van der Waals surface area contributed by atoms with Crippen molar-refractivity contribution in [1.82, 2.24) is 10.3 Å². The zero-order valence-electron chi connectivity index (χ0n) is 13.1. The number of benzene rings is 1. The van der Waals surface area contributed by atoms with Crippen molar-refractivity contribution in [3.8, 4) is 0 Å². The summed E-state index contributed by atoms with van der Waals surface area (Å²) < 4.78 is 0. The maximum atomic E-state index is 12.1. The number of rotatable bonds is 7. The molecule has 1 aromatic heterocycles. The topological polar surface area (TPSA) is 42.0 Å². The first-order chi connectivity index (χ1) is 10.7. The van der Waals surface area contributed by atoms with Gasteiger partial charge in [0.05, 0.1) is 11.8 Å². The van der Waals surface area contributed by atoms with E-state index in [4.69, 9.17) is 0 Å². The van der Waals surface area contributed by atoms with Gasteiger partial charge >= 0.3 is 0 Å². The van der Waals surface area contributed by atoms with E-state index in [1.165, 1.54) is 11.1 Å². The molecule has 0 unspecified atom stereocenters. The SMILES string of the molecule is CC[C@@H](NC(=O)CSCc1ccccc1C)c1cccnc1. The predicted octanol–water partition coefficient (Wildman–Crippen LogP) is 3.89. The summed E-state index contributed by atoms with van der Waals surface area (Å²) in [6, 6.07) is 12.2. The first-order valence-electron chi connectivity index (χ1n) is 7.52. The van der Waals surface area contributed by atoms with Crippen LogP contribution in [0.15, 0.2) is 48.8 Å². The van der Waals surface area contributed by atoms with Gasteiger partial charge in [0, 0.05) is 18.1 Å². The molecule has 1 heterocycles. The number of carbonyl (C=O) groups excluding carboxylic acids is 1. The molecule has 1 amide bonds. The highest BCUT2D eigenvalue weighted by atomic mass is 32.2. The van der Waals surface area contributed by atoms with Crippen LogP contribution in [0.3, 0.4) is 0 Å². The number of thioether (sulfide) groups is 1. The molecule has 3 nitrogen and oxygen atoms in total. The van der Waals surface area contributed by atoms with E-state index in [1.54, 1.807) is 18.0 Å². The van der Waals surface area contributed by atoms with Crippen molar-refractivity contribution in [2.45, 2.75) is 32.1 Å². The number of hydrogen-bond donors (Lipinski definition) is 1. The number of hydrogen-bond acceptors (Lipinski definition) is 3. The van der Waals surface area contributed by atoms with Crippen LogP contribution in [0.25, 0.3) is 0 Å². The molecule has 0 radical (unpaired) electrons. The highest BCUT2D eigenvalue weighted by molar-refractivity contribution is 7.99. The van der Waals surface area contributed by atoms with E-state index in [0.717, 1.165) is 17.7 Å². The van der Waals surface area contributed by atoms with Crippen LogP contribution in [0.4, 0.5) is 0 Å². The zero-order valence-corrected chi connectivity index (χ0v) is 13.9. The summed E-state index contributed by atoms with van der Waals surface area (Å²) in [4.78, 5) is 16.2. The number of pyridine rings is 1. The molecule has 0 aliphatic rings. The van der Waals surface area contributed by atoms with Gasteiger partial charge in [-0.25, -0.2) is 0 Å². The van der Waals surface area contributed by atoms with Crippen molar-refractivity contribution in [3.63, 3.8) is 0 Å². The van der Waals surface area contributed by atoms with Crippen LogP contribution < -0.4 is 5.32 Å². The molecule has 0 fully saturated rings. The molecule has 1 atom stereocenters. The van der Waals surface area contributed by atoms with Gasteiger partial charge < -0.3 is 5.32 Å². The monoisotopic (exact) mass is 314 g/mol. The van der Waals surface area contributed by atoms with Gasteiger partial charge in [-0.3, -0.25) is 9.78 Å². The van der Waals surface area contributed by atoms with E-state index < -0.39 is 0 Å². The van der Waals surface area contributed by atoms with Gasteiger partial charge in [0.15, 0.2) is 0 Å². The second-order valence-electron chi connectivity index (χ2n) is 5.23. The summed E-state index contributed by atoms with van der Waals surface area (Å²) >= 11 is 1.65. The molecule has 0 bridgehead atoms. The Kier molecular flexibility index (Phi) is 6.46. The van der Waals surface area contributed by atoms with Gasteiger partial charge in [0.2, 0.25) is 5.91 Å². The van der Waals surface area contributed by atoms with E-state index in [2.05, 4.69) is 36.3 Å². The summed E-state index contributed by atoms with van der Waals surface area (Å²) in [5.41, 5.74) is 3.62. The van der Waals surface area contributed by atoms with Gasteiger partial charge in [0.25, 0.3) is 0 Å². The number of aromatic nitrogens is 1. The van der Waals surface area contributed by atoms with E-state index >= 15 is 0 Å². The fourth-order valence-electron chi connectivity index (χ4n) is 2.26. The lowest BCUT2D eigenvalue weighted by Gasteiger charge is -2.17. The highest BCUT2D eigenvalue weighted by Crippen LogP contribution is 2.18. The Bertz CT molecular complexity index is 601. The Morgan fingerprint density at radius 3 is 2.77 bits per heavy atom. The lowest BCUT2D eigenvalue weighted by molar-refractivity contribution is -0.119. The normalized spacial score (nSPS) is 11.9. The summed E-state index contributed by atoms with van der Waals surface area (Å²) in [6.07, 6.45) is 4.42. The van der Waals surface area contributed by atoms with Crippen molar-refractivity contribution in [2.75, 3.05) is 5.75 Å². The number of nitrogens with zero attached hydrogens (tertiary/aromatic N) is 1. The lowest BCUT2D eigenvalue weighted by atomic mass is 10.1. The maximum absolute atomic E-state index is 12.1. The standard InChI is InChI=1S/C18H22N2OS/c1-3-17(15-9-6-10-19-11-15)20-18(21)13-22-12-16-8-5-4-7-14(16)2/h4-11,17H,3,12-13H2,1-2H3,(H,20,21)/t17-/m1/s1. The summed E-state index contributed by atoms with van der Waals surface area (Å²) in [5, 5.41) is 3.08. The van der Waals surface area contributed by atoms with Crippen molar-refractivity contribution in [2.24, 2.45) is 0 Å². The third-order valence-electron chi connectivity index (χ3n) is 3.58. The molecule has 22 heavy (non-hydrogen) atoms. The summed E-state index contributed by atoms with van der Waals surface area (Å²) in [5.74, 6) is 1.42. The fourth-order valence-corrected chi connectivity index (χ4v) is 3.18. The summed E-state index contributed by atoms with van der Waals surface area (Å²) in [6.45, 7) is 4.17. The molecule has 0 spiro atoms. The zero-order chi connectivity index (χ0) is 15.8. The minimum Gasteiger partial charge on any atom is -0.349 e. The minimum atomic E-state index is 0.0419. The molecular weight excluding hydrogens is 292 g/mol. The van der Waals surface area contributed by atoms with E-state index in [1.807, 2.05) is 30.5 Å². The van der Waals surface area contributed by atoms with Crippen LogP contribution in [0.1, 0.15) is 36.1 Å². The number of carbonyl (C=O) groups is 1. The molecule has 0 aliphatic heterocycles. The fraction of sp³-hybridized carbons (Fsp3) is 0.333. The van der Waals surface area contributed by atoms with Crippen molar-refractivity contribution in [1.29, 1.82) is 0 Å². The molecule has 1 N–H and O–H groups in total. The van der Waals surface area contributed by atoms with Crippen LogP contribution >= 0.6 is 11.8 Å². The number of aryl methyl sites for hydroxylation is 1. The number of amides is 1. The van der Waals surface area contributed by atoms with E-state index in [-0.39, 0.29) is 11.9 Å². The van der Waals surface area contributed by atoms with Crippen molar-refractivity contribution in [3.05, 3.63) is 65.5 Å². The predicted molar refractivity (Wildman–Crippen MR) is 92.8 cm³/mol. The second kappa shape index (κ2) is 8.59. The van der Waals surface area contributed by atoms with Crippen LogP contribution in [0.2, 0.25) is 0 Å². The Balaban J connectivity index is 1.81.